The zero-order chi connectivity index (χ0) is 16.1. The third-order valence-electron chi connectivity index (χ3n) is 2.82. The van der Waals surface area contributed by atoms with Crippen LogP contribution >= 0.6 is 22.6 Å². The molecule has 1 amide bonds. The number of hydrogen-bond acceptors (Lipinski definition) is 4. The van der Waals surface area contributed by atoms with Crippen molar-refractivity contribution in [2.45, 2.75) is 13.0 Å². The standard InChI is InChI=1S/C15H13IN2O4/c1-10(22-14-7-5-11(16)6-8-14)15(19)17-12-3-2-4-13(9-12)18(20)21/h2-10H,1H3,(H,17,19). The van der Waals surface area contributed by atoms with Gasteiger partial charge in [-0.05, 0) is 59.8 Å². The minimum Gasteiger partial charge on any atom is -0.481 e. The first-order chi connectivity index (χ1) is 10.5. The van der Waals surface area contributed by atoms with Crippen molar-refractivity contribution in [3.05, 3.63) is 62.2 Å². The molecule has 0 aliphatic carbocycles. The maximum absolute atomic E-state index is 12.1. The van der Waals surface area contributed by atoms with E-state index in [-0.39, 0.29) is 11.6 Å². The van der Waals surface area contributed by atoms with Crippen LogP contribution in [0.1, 0.15) is 6.92 Å². The summed E-state index contributed by atoms with van der Waals surface area (Å²) >= 11 is 2.18. The molecule has 6 nitrogen and oxygen atoms in total. The van der Waals surface area contributed by atoms with E-state index < -0.39 is 11.0 Å². The molecule has 1 N–H and O–H groups in total. The van der Waals surface area contributed by atoms with Gasteiger partial charge in [0.25, 0.3) is 11.6 Å². The van der Waals surface area contributed by atoms with Gasteiger partial charge in [0, 0.05) is 21.4 Å². The van der Waals surface area contributed by atoms with Gasteiger partial charge >= 0.3 is 0 Å². The number of nitrogens with zero attached hydrogens (tertiary/aromatic N) is 1. The third kappa shape index (κ3) is 4.42. The van der Waals surface area contributed by atoms with Crippen LogP contribution in [-0.4, -0.2) is 16.9 Å². The topological polar surface area (TPSA) is 81.5 Å². The van der Waals surface area contributed by atoms with E-state index in [4.69, 9.17) is 4.74 Å². The molecule has 0 heterocycles. The predicted octanol–water partition coefficient (Wildman–Crippen LogP) is 3.61. The van der Waals surface area contributed by atoms with Gasteiger partial charge in [0.1, 0.15) is 5.75 Å². The molecule has 2 rings (SSSR count). The van der Waals surface area contributed by atoms with Crippen molar-refractivity contribution in [1.82, 2.24) is 0 Å². The third-order valence-corrected chi connectivity index (χ3v) is 3.54. The minimum atomic E-state index is -0.723. The van der Waals surface area contributed by atoms with Gasteiger partial charge in [0.2, 0.25) is 0 Å². The van der Waals surface area contributed by atoms with Gasteiger partial charge in [-0.1, -0.05) is 6.07 Å². The Hall–Kier alpha value is -2.16. The van der Waals surface area contributed by atoms with Crippen molar-refractivity contribution in [2.24, 2.45) is 0 Å². The molecule has 2 aromatic rings. The van der Waals surface area contributed by atoms with E-state index in [1.54, 1.807) is 25.1 Å². The Kier molecular flexibility index (Phi) is 5.31. The zero-order valence-electron chi connectivity index (χ0n) is 11.7. The number of carbonyl (C=O) groups excluding carboxylic acids is 1. The largest absolute Gasteiger partial charge is 0.481 e. The molecule has 1 atom stereocenters. The molecule has 114 valence electrons. The highest BCUT2D eigenvalue weighted by atomic mass is 127. The Morgan fingerprint density at radius 1 is 1.27 bits per heavy atom. The fourth-order valence-corrected chi connectivity index (χ4v) is 2.07. The number of non-ortho nitro benzene ring substituents is 1. The van der Waals surface area contributed by atoms with Crippen LogP contribution in [0.25, 0.3) is 0 Å². The fourth-order valence-electron chi connectivity index (χ4n) is 1.71. The molecular formula is C15H13IN2O4. The molecule has 0 bridgehead atoms. The van der Waals surface area contributed by atoms with Crippen LogP contribution in [0.2, 0.25) is 0 Å². The molecule has 2 aromatic carbocycles. The smallest absolute Gasteiger partial charge is 0.271 e. The van der Waals surface area contributed by atoms with E-state index >= 15 is 0 Å². The Morgan fingerprint density at radius 2 is 1.95 bits per heavy atom. The first kappa shape index (κ1) is 16.2. The second kappa shape index (κ2) is 7.21. The summed E-state index contributed by atoms with van der Waals surface area (Å²) in [4.78, 5) is 22.3. The normalized spacial score (nSPS) is 11.5. The number of halogens is 1. The van der Waals surface area contributed by atoms with Crippen LogP contribution in [-0.2, 0) is 4.79 Å². The van der Waals surface area contributed by atoms with Gasteiger partial charge in [-0.25, -0.2) is 0 Å². The maximum Gasteiger partial charge on any atom is 0.271 e. The Labute approximate surface area is 140 Å². The van der Waals surface area contributed by atoms with Crippen molar-refractivity contribution in [1.29, 1.82) is 0 Å². The average Bonchev–Trinajstić information content (AvgIpc) is 2.49. The molecule has 7 heteroatoms. The monoisotopic (exact) mass is 412 g/mol. The van der Waals surface area contributed by atoms with Gasteiger partial charge < -0.3 is 10.1 Å². The van der Waals surface area contributed by atoms with E-state index in [1.807, 2.05) is 12.1 Å². The number of rotatable bonds is 5. The number of ether oxygens (including phenoxy) is 1. The van der Waals surface area contributed by atoms with E-state index in [9.17, 15) is 14.9 Å². The Bertz CT molecular complexity index is 688. The molecule has 0 radical (unpaired) electrons. The van der Waals surface area contributed by atoms with E-state index in [1.165, 1.54) is 18.2 Å². The summed E-state index contributed by atoms with van der Waals surface area (Å²) in [5.74, 6) is 0.209. The average molecular weight is 412 g/mol. The highest BCUT2D eigenvalue weighted by molar-refractivity contribution is 14.1. The second-order valence-corrected chi connectivity index (χ2v) is 5.76. The molecule has 0 saturated heterocycles. The SMILES string of the molecule is CC(Oc1ccc(I)cc1)C(=O)Nc1cccc([N+](=O)[O-])c1. The molecule has 1 unspecified atom stereocenters. The number of hydrogen-bond donors (Lipinski definition) is 1. The van der Waals surface area contributed by atoms with Crippen LogP contribution in [0.3, 0.4) is 0 Å². The van der Waals surface area contributed by atoms with E-state index in [0.717, 1.165) is 3.57 Å². The molecule has 22 heavy (non-hydrogen) atoms. The van der Waals surface area contributed by atoms with Crippen LogP contribution in [0.5, 0.6) is 5.75 Å². The Morgan fingerprint density at radius 3 is 2.59 bits per heavy atom. The lowest BCUT2D eigenvalue weighted by Gasteiger charge is -2.14. The summed E-state index contributed by atoms with van der Waals surface area (Å²) in [7, 11) is 0. The number of carbonyl (C=O) groups is 1. The fraction of sp³-hybridized carbons (Fsp3) is 0.133. The van der Waals surface area contributed by atoms with Crippen LogP contribution in [0.4, 0.5) is 11.4 Å². The lowest BCUT2D eigenvalue weighted by atomic mass is 10.2. The summed E-state index contributed by atoms with van der Waals surface area (Å²) < 4.78 is 6.60. The van der Waals surface area contributed by atoms with Crippen LogP contribution in [0, 0.1) is 13.7 Å². The van der Waals surface area contributed by atoms with Gasteiger partial charge in [-0.3, -0.25) is 14.9 Å². The molecular weight excluding hydrogens is 399 g/mol. The first-order valence-electron chi connectivity index (χ1n) is 6.43. The second-order valence-electron chi connectivity index (χ2n) is 4.51. The molecule has 0 aliphatic heterocycles. The lowest BCUT2D eigenvalue weighted by Crippen LogP contribution is -2.30. The van der Waals surface area contributed by atoms with Crippen LogP contribution in [0.15, 0.2) is 48.5 Å². The lowest BCUT2D eigenvalue weighted by molar-refractivity contribution is -0.384. The summed E-state index contributed by atoms with van der Waals surface area (Å²) in [6.07, 6.45) is -0.723. The van der Waals surface area contributed by atoms with Gasteiger partial charge in [-0.15, -0.1) is 0 Å². The van der Waals surface area contributed by atoms with Crippen molar-refractivity contribution in [2.75, 3.05) is 5.32 Å². The van der Waals surface area contributed by atoms with Crippen LogP contribution < -0.4 is 10.1 Å². The van der Waals surface area contributed by atoms with Gasteiger partial charge in [-0.2, -0.15) is 0 Å². The number of nitrogens with one attached hydrogen (secondary N) is 1. The minimum absolute atomic E-state index is 0.0796. The number of nitro benzene ring substituents is 1. The van der Waals surface area contributed by atoms with Crippen molar-refractivity contribution in [3.63, 3.8) is 0 Å². The van der Waals surface area contributed by atoms with E-state index in [0.29, 0.717) is 11.4 Å². The highest BCUT2D eigenvalue weighted by Crippen LogP contribution is 2.18. The summed E-state index contributed by atoms with van der Waals surface area (Å²) in [5.41, 5.74) is 0.279. The zero-order valence-corrected chi connectivity index (χ0v) is 13.8. The van der Waals surface area contributed by atoms with Gasteiger partial charge in [0.05, 0.1) is 4.92 Å². The number of anilines is 1. The van der Waals surface area contributed by atoms with Gasteiger partial charge in [0.15, 0.2) is 6.10 Å². The molecule has 0 aromatic heterocycles. The molecule has 0 fully saturated rings. The number of benzene rings is 2. The quantitative estimate of drug-likeness (QED) is 0.462. The highest BCUT2D eigenvalue weighted by Gasteiger charge is 2.16. The molecule has 0 saturated carbocycles. The Balaban J connectivity index is 2.00. The molecule has 0 aliphatic rings. The number of nitro groups is 1. The summed E-state index contributed by atoms with van der Waals surface area (Å²) in [6, 6.07) is 13.1. The van der Waals surface area contributed by atoms with Crippen molar-refractivity contribution < 1.29 is 14.5 Å². The van der Waals surface area contributed by atoms with Crippen molar-refractivity contribution >= 4 is 39.9 Å². The van der Waals surface area contributed by atoms with E-state index in [2.05, 4.69) is 27.9 Å². The summed E-state index contributed by atoms with van der Waals surface area (Å²) in [6.45, 7) is 1.62. The maximum atomic E-state index is 12.1. The first-order valence-corrected chi connectivity index (χ1v) is 7.51. The molecule has 0 spiro atoms. The predicted molar refractivity (Wildman–Crippen MR) is 91.0 cm³/mol. The summed E-state index contributed by atoms with van der Waals surface area (Å²) in [5, 5.41) is 13.3. The van der Waals surface area contributed by atoms with Crippen molar-refractivity contribution in [3.8, 4) is 5.75 Å². The number of amides is 1.